The van der Waals surface area contributed by atoms with Crippen LogP contribution in [0.3, 0.4) is 0 Å². The number of aromatic hydroxyl groups is 1. The molecule has 3 heterocycles. The lowest BCUT2D eigenvalue weighted by molar-refractivity contribution is 0.458. The highest BCUT2D eigenvalue weighted by Crippen LogP contribution is 2.22. The molecule has 0 amide bonds. The Labute approximate surface area is 138 Å². The molecule has 0 atom stereocenters. The van der Waals surface area contributed by atoms with E-state index >= 15 is 0 Å². The van der Waals surface area contributed by atoms with E-state index in [0.717, 1.165) is 27.7 Å². The number of aromatic amines is 1. The third-order valence-electron chi connectivity index (χ3n) is 3.54. The fourth-order valence-corrected chi connectivity index (χ4v) is 2.50. The number of anilines is 1. The van der Waals surface area contributed by atoms with Gasteiger partial charge in [0, 0.05) is 29.7 Å². The zero-order valence-electron chi connectivity index (χ0n) is 12.0. The molecule has 4 aromatic rings. The molecular weight excluding hydrogens is 314 g/mol. The molecule has 0 aliphatic carbocycles. The van der Waals surface area contributed by atoms with Crippen molar-refractivity contribution < 1.29 is 5.11 Å². The minimum atomic E-state index is 0. The molecular formula is C16H14ClN5O. The Hall–Kier alpha value is -2.86. The summed E-state index contributed by atoms with van der Waals surface area (Å²) in [6.45, 7) is 0.628. The number of hydrogen-bond acceptors (Lipinski definition) is 5. The highest BCUT2D eigenvalue weighted by atomic mass is 35.5. The van der Waals surface area contributed by atoms with Crippen molar-refractivity contribution >= 4 is 40.2 Å². The number of hydrogen-bond donors (Lipinski definition) is 3. The molecule has 3 aromatic heterocycles. The summed E-state index contributed by atoms with van der Waals surface area (Å²) in [5.41, 5.74) is 2.69. The first-order valence-electron chi connectivity index (χ1n) is 6.90. The van der Waals surface area contributed by atoms with E-state index in [1.165, 1.54) is 6.33 Å². The molecule has 116 valence electrons. The molecule has 0 aliphatic rings. The third-order valence-corrected chi connectivity index (χ3v) is 3.54. The Morgan fingerprint density at radius 1 is 1.09 bits per heavy atom. The number of halogens is 1. The first-order chi connectivity index (χ1) is 10.8. The molecule has 4 rings (SSSR count). The molecule has 0 bridgehead atoms. The number of rotatable bonds is 3. The second kappa shape index (κ2) is 6.10. The van der Waals surface area contributed by atoms with E-state index in [1.807, 2.05) is 30.3 Å². The van der Waals surface area contributed by atoms with Gasteiger partial charge in [0.2, 0.25) is 0 Å². The van der Waals surface area contributed by atoms with Gasteiger partial charge in [-0.3, -0.25) is 0 Å². The average molecular weight is 328 g/mol. The lowest BCUT2D eigenvalue weighted by Gasteiger charge is -2.08. The summed E-state index contributed by atoms with van der Waals surface area (Å²) in [6.07, 6.45) is 3.22. The van der Waals surface area contributed by atoms with E-state index in [-0.39, 0.29) is 18.3 Å². The summed E-state index contributed by atoms with van der Waals surface area (Å²) in [6, 6.07) is 11.5. The number of H-pyrrole nitrogens is 1. The van der Waals surface area contributed by atoms with Gasteiger partial charge in [0.15, 0.2) is 11.5 Å². The lowest BCUT2D eigenvalue weighted by atomic mass is 10.1. The smallest absolute Gasteiger partial charge is 0.189 e. The van der Waals surface area contributed by atoms with Gasteiger partial charge in [-0.05, 0) is 29.8 Å². The molecule has 0 aliphatic heterocycles. The van der Waals surface area contributed by atoms with Crippen LogP contribution in [0, 0.1) is 0 Å². The van der Waals surface area contributed by atoms with E-state index in [2.05, 4.69) is 25.3 Å². The number of pyridine rings is 1. The van der Waals surface area contributed by atoms with Crippen LogP contribution < -0.4 is 5.32 Å². The van der Waals surface area contributed by atoms with Gasteiger partial charge in [0.05, 0.1) is 5.39 Å². The molecule has 7 heteroatoms. The second-order valence-electron chi connectivity index (χ2n) is 5.03. The van der Waals surface area contributed by atoms with Gasteiger partial charge in [-0.15, -0.1) is 12.4 Å². The fraction of sp³-hybridized carbons (Fsp3) is 0.0625. The summed E-state index contributed by atoms with van der Waals surface area (Å²) >= 11 is 0. The standard InChI is InChI=1S/C16H13N5O.ClH/c22-14-7-11-6-10(3-4-13(11)21-14)8-18-16-12-2-1-5-17-15(12)19-9-20-16;/h1-7,9,21-22H,8H2,(H,17,18,19,20);1H. The monoisotopic (exact) mass is 327 g/mol. The molecule has 23 heavy (non-hydrogen) atoms. The fourth-order valence-electron chi connectivity index (χ4n) is 2.50. The maximum absolute atomic E-state index is 9.48. The van der Waals surface area contributed by atoms with Gasteiger partial charge in [0.1, 0.15) is 12.1 Å². The van der Waals surface area contributed by atoms with Gasteiger partial charge < -0.3 is 15.4 Å². The average Bonchev–Trinajstić information content (AvgIpc) is 2.92. The predicted molar refractivity (Wildman–Crippen MR) is 91.9 cm³/mol. The van der Waals surface area contributed by atoms with Crippen LogP contribution in [0.15, 0.2) is 48.9 Å². The van der Waals surface area contributed by atoms with E-state index in [0.29, 0.717) is 12.2 Å². The van der Waals surface area contributed by atoms with Crippen LogP contribution in [0.1, 0.15) is 5.56 Å². The quantitative estimate of drug-likeness (QED) is 0.537. The van der Waals surface area contributed by atoms with Crippen molar-refractivity contribution in [2.45, 2.75) is 6.54 Å². The summed E-state index contributed by atoms with van der Waals surface area (Å²) in [5.74, 6) is 0.933. The van der Waals surface area contributed by atoms with Crippen molar-refractivity contribution in [2.75, 3.05) is 5.32 Å². The maximum Gasteiger partial charge on any atom is 0.189 e. The minimum absolute atomic E-state index is 0. The number of aromatic nitrogens is 4. The number of nitrogens with one attached hydrogen (secondary N) is 2. The molecule has 0 spiro atoms. The minimum Gasteiger partial charge on any atom is -0.495 e. The summed E-state index contributed by atoms with van der Waals surface area (Å²) < 4.78 is 0. The highest BCUT2D eigenvalue weighted by molar-refractivity contribution is 5.86. The van der Waals surface area contributed by atoms with E-state index in [1.54, 1.807) is 12.3 Å². The Morgan fingerprint density at radius 3 is 2.91 bits per heavy atom. The van der Waals surface area contributed by atoms with Crippen LogP contribution in [-0.2, 0) is 6.54 Å². The first-order valence-corrected chi connectivity index (χ1v) is 6.90. The van der Waals surface area contributed by atoms with Crippen LogP contribution in [0.2, 0.25) is 0 Å². The van der Waals surface area contributed by atoms with Gasteiger partial charge in [0.25, 0.3) is 0 Å². The van der Waals surface area contributed by atoms with Crippen LogP contribution in [0.4, 0.5) is 5.82 Å². The SMILES string of the molecule is Cl.Oc1cc2cc(CNc3ncnc4ncccc34)ccc2[nH]1. The van der Waals surface area contributed by atoms with Crippen molar-refractivity contribution in [1.29, 1.82) is 0 Å². The Balaban J connectivity index is 0.00000156. The van der Waals surface area contributed by atoms with Crippen LogP contribution in [0.25, 0.3) is 21.9 Å². The van der Waals surface area contributed by atoms with Crippen molar-refractivity contribution in [2.24, 2.45) is 0 Å². The molecule has 0 fully saturated rings. The largest absolute Gasteiger partial charge is 0.495 e. The highest BCUT2D eigenvalue weighted by Gasteiger charge is 2.05. The number of fused-ring (bicyclic) bond motifs is 2. The van der Waals surface area contributed by atoms with Crippen molar-refractivity contribution in [1.82, 2.24) is 19.9 Å². The zero-order chi connectivity index (χ0) is 14.9. The summed E-state index contributed by atoms with van der Waals surface area (Å²) in [7, 11) is 0. The topological polar surface area (TPSA) is 86.7 Å². The number of benzene rings is 1. The van der Waals surface area contributed by atoms with Gasteiger partial charge in [-0.2, -0.15) is 0 Å². The Kier molecular flexibility index (Phi) is 3.99. The number of nitrogens with zero attached hydrogens (tertiary/aromatic N) is 3. The molecule has 0 unspecified atom stereocenters. The normalized spacial score (nSPS) is 10.6. The maximum atomic E-state index is 9.48. The summed E-state index contributed by atoms with van der Waals surface area (Å²) in [5, 5.41) is 14.7. The Morgan fingerprint density at radius 2 is 2.00 bits per heavy atom. The lowest BCUT2D eigenvalue weighted by Crippen LogP contribution is -2.02. The van der Waals surface area contributed by atoms with E-state index in [9.17, 15) is 5.11 Å². The molecule has 6 nitrogen and oxygen atoms in total. The van der Waals surface area contributed by atoms with Crippen LogP contribution >= 0.6 is 12.4 Å². The van der Waals surface area contributed by atoms with Gasteiger partial charge in [-0.1, -0.05) is 6.07 Å². The molecule has 0 saturated heterocycles. The zero-order valence-corrected chi connectivity index (χ0v) is 12.8. The Bertz CT molecular complexity index is 964. The van der Waals surface area contributed by atoms with Crippen LogP contribution in [-0.4, -0.2) is 25.0 Å². The van der Waals surface area contributed by atoms with Crippen LogP contribution in [0.5, 0.6) is 5.88 Å². The predicted octanol–water partition coefficient (Wildman–Crippen LogP) is 3.25. The molecule has 1 aromatic carbocycles. The van der Waals surface area contributed by atoms with Gasteiger partial charge in [-0.25, -0.2) is 15.0 Å². The third kappa shape index (κ3) is 2.89. The van der Waals surface area contributed by atoms with Crippen molar-refractivity contribution in [3.63, 3.8) is 0 Å². The summed E-state index contributed by atoms with van der Waals surface area (Å²) in [4.78, 5) is 15.5. The molecule has 3 N–H and O–H groups in total. The van der Waals surface area contributed by atoms with E-state index in [4.69, 9.17) is 0 Å². The van der Waals surface area contributed by atoms with Crippen molar-refractivity contribution in [3.05, 3.63) is 54.5 Å². The second-order valence-corrected chi connectivity index (χ2v) is 5.03. The van der Waals surface area contributed by atoms with Gasteiger partial charge >= 0.3 is 0 Å². The molecule has 0 radical (unpaired) electrons. The van der Waals surface area contributed by atoms with E-state index < -0.39 is 0 Å². The first kappa shape index (κ1) is 15.1. The molecule has 0 saturated carbocycles. The van der Waals surface area contributed by atoms with Crippen molar-refractivity contribution in [3.8, 4) is 5.88 Å².